The lowest BCUT2D eigenvalue weighted by atomic mass is 10.2. The van der Waals surface area contributed by atoms with Crippen molar-refractivity contribution >= 4 is 27.5 Å². The maximum atomic E-state index is 14.0. The van der Waals surface area contributed by atoms with Crippen LogP contribution in [0.15, 0.2) is 40.9 Å². The molecule has 0 fully saturated rings. The highest BCUT2D eigenvalue weighted by Gasteiger charge is 2.11. The molecule has 0 aliphatic carbocycles. The van der Waals surface area contributed by atoms with Crippen LogP contribution in [0.4, 0.5) is 4.39 Å². The Morgan fingerprint density at radius 3 is 2.47 bits per heavy atom. The second kappa shape index (κ2) is 6.37. The average Bonchev–Trinajstić information content (AvgIpc) is 2.42. The van der Waals surface area contributed by atoms with E-state index in [-0.39, 0.29) is 18.9 Å². The average molecular weight is 345 g/mol. The van der Waals surface area contributed by atoms with E-state index in [1.54, 1.807) is 24.3 Å². The van der Waals surface area contributed by atoms with E-state index in [1.807, 2.05) is 12.1 Å². The number of ether oxygens (including phenoxy) is 1. The van der Waals surface area contributed by atoms with Crippen molar-refractivity contribution in [3.63, 3.8) is 0 Å². The third kappa shape index (κ3) is 3.47. The van der Waals surface area contributed by atoms with Gasteiger partial charge >= 0.3 is 0 Å². The highest BCUT2D eigenvalue weighted by Crippen LogP contribution is 2.29. The quantitative estimate of drug-likeness (QED) is 0.898. The van der Waals surface area contributed by atoms with Crippen molar-refractivity contribution in [3.8, 4) is 5.75 Å². The molecule has 100 valence electrons. The Morgan fingerprint density at radius 2 is 1.84 bits per heavy atom. The summed E-state index contributed by atoms with van der Waals surface area (Å²) in [6, 6.07) is 10.5. The van der Waals surface area contributed by atoms with E-state index in [4.69, 9.17) is 22.1 Å². The minimum absolute atomic E-state index is 0.194. The number of benzene rings is 2. The Hall–Kier alpha value is -1.10. The number of halogens is 3. The molecule has 0 saturated carbocycles. The van der Waals surface area contributed by atoms with Crippen molar-refractivity contribution in [2.24, 2.45) is 5.73 Å². The lowest BCUT2D eigenvalue weighted by Crippen LogP contribution is -2.02. The molecule has 0 unspecified atom stereocenters. The lowest BCUT2D eigenvalue weighted by Gasteiger charge is -2.10. The molecular formula is C14H12BrClFNO. The maximum Gasteiger partial charge on any atom is 0.179 e. The minimum atomic E-state index is -0.433. The Kier molecular flexibility index (Phi) is 4.80. The Morgan fingerprint density at radius 1 is 1.16 bits per heavy atom. The summed E-state index contributed by atoms with van der Waals surface area (Å²) in [5, 5.41) is 0.657. The number of rotatable bonds is 4. The zero-order valence-corrected chi connectivity index (χ0v) is 12.3. The molecule has 0 aliphatic heterocycles. The van der Waals surface area contributed by atoms with Crippen molar-refractivity contribution in [1.29, 1.82) is 0 Å². The minimum Gasteiger partial charge on any atom is -0.486 e. The largest absolute Gasteiger partial charge is 0.486 e. The first-order chi connectivity index (χ1) is 9.11. The van der Waals surface area contributed by atoms with Gasteiger partial charge in [-0.3, -0.25) is 0 Å². The van der Waals surface area contributed by atoms with Gasteiger partial charge in [-0.2, -0.15) is 0 Å². The number of hydrogen-bond acceptors (Lipinski definition) is 2. The summed E-state index contributed by atoms with van der Waals surface area (Å²) in [6.45, 7) is 0.553. The number of hydrogen-bond donors (Lipinski definition) is 1. The van der Waals surface area contributed by atoms with E-state index < -0.39 is 5.82 Å². The van der Waals surface area contributed by atoms with Gasteiger partial charge in [-0.05, 0) is 45.3 Å². The summed E-state index contributed by atoms with van der Waals surface area (Å²) >= 11 is 8.96. The predicted molar refractivity (Wildman–Crippen MR) is 77.8 cm³/mol. The molecule has 0 bridgehead atoms. The molecule has 0 saturated heterocycles. The summed E-state index contributed by atoms with van der Waals surface area (Å²) in [5.41, 5.74) is 7.12. The van der Waals surface area contributed by atoms with E-state index in [0.717, 1.165) is 5.56 Å². The summed E-state index contributed by atoms with van der Waals surface area (Å²) in [5.74, 6) is -0.240. The molecule has 0 aromatic heterocycles. The molecule has 2 nitrogen and oxygen atoms in total. The van der Waals surface area contributed by atoms with Crippen LogP contribution in [0, 0.1) is 5.82 Å². The van der Waals surface area contributed by atoms with E-state index in [1.165, 1.54) is 0 Å². The summed E-state index contributed by atoms with van der Waals surface area (Å²) in [4.78, 5) is 0. The SMILES string of the molecule is NCc1ccc(OCc2ccc(Cl)cc2)c(F)c1Br. The topological polar surface area (TPSA) is 35.2 Å². The molecule has 0 aliphatic rings. The fourth-order valence-corrected chi connectivity index (χ4v) is 2.20. The standard InChI is InChI=1S/C14H12BrClFNO/c15-13-10(7-18)3-6-12(14(13)17)19-8-9-1-4-11(16)5-2-9/h1-6H,7-8,18H2. The molecule has 0 amide bonds. The van der Waals surface area contributed by atoms with E-state index in [9.17, 15) is 4.39 Å². The molecular weight excluding hydrogens is 333 g/mol. The van der Waals surface area contributed by atoms with Crippen LogP contribution in [0.5, 0.6) is 5.75 Å². The first kappa shape index (κ1) is 14.3. The maximum absolute atomic E-state index is 14.0. The summed E-state index contributed by atoms with van der Waals surface area (Å²) in [6.07, 6.45) is 0. The molecule has 0 radical (unpaired) electrons. The Labute approximate surface area is 124 Å². The van der Waals surface area contributed by atoms with Crippen LogP contribution in [-0.2, 0) is 13.2 Å². The molecule has 5 heteroatoms. The van der Waals surface area contributed by atoms with Gasteiger partial charge in [0.15, 0.2) is 11.6 Å². The van der Waals surface area contributed by atoms with Crippen molar-refractivity contribution < 1.29 is 9.13 Å². The van der Waals surface area contributed by atoms with Crippen molar-refractivity contribution in [2.45, 2.75) is 13.2 Å². The molecule has 19 heavy (non-hydrogen) atoms. The number of nitrogens with two attached hydrogens (primary N) is 1. The van der Waals surface area contributed by atoms with E-state index >= 15 is 0 Å². The smallest absolute Gasteiger partial charge is 0.179 e. The highest BCUT2D eigenvalue weighted by molar-refractivity contribution is 9.10. The lowest BCUT2D eigenvalue weighted by molar-refractivity contribution is 0.289. The second-order valence-corrected chi connectivity index (χ2v) is 5.20. The molecule has 0 heterocycles. The van der Waals surface area contributed by atoms with Crippen LogP contribution in [0.2, 0.25) is 5.02 Å². The summed E-state index contributed by atoms with van der Waals surface area (Å²) in [7, 11) is 0. The molecule has 0 atom stereocenters. The zero-order valence-electron chi connectivity index (χ0n) is 10.00. The first-order valence-electron chi connectivity index (χ1n) is 5.66. The normalized spacial score (nSPS) is 10.5. The third-order valence-electron chi connectivity index (χ3n) is 2.65. The van der Waals surface area contributed by atoms with Crippen LogP contribution in [0.1, 0.15) is 11.1 Å². The van der Waals surface area contributed by atoms with Gasteiger partial charge in [0.25, 0.3) is 0 Å². The molecule has 2 N–H and O–H groups in total. The second-order valence-electron chi connectivity index (χ2n) is 3.97. The fraction of sp³-hybridized carbons (Fsp3) is 0.143. The third-order valence-corrected chi connectivity index (χ3v) is 3.76. The van der Waals surface area contributed by atoms with Gasteiger partial charge in [0.1, 0.15) is 6.61 Å². The van der Waals surface area contributed by atoms with Gasteiger partial charge < -0.3 is 10.5 Å². The van der Waals surface area contributed by atoms with Gasteiger partial charge in [0, 0.05) is 11.6 Å². The highest BCUT2D eigenvalue weighted by atomic mass is 79.9. The molecule has 2 aromatic rings. The fourth-order valence-electron chi connectivity index (χ4n) is 1.58. The van der Waals surface area contributed by atoms with Crippen LogP contribution in [0.3, 0.4) is 0 Å². The van der Waals surface area contributed by atoms with Gasteiger partial charge in [0.2, 0.25) is 0 Å². The van der Waals surface area contributed by atoms with E-state index in [0.29, 0.717) is 15.1 Å². The summed E-state index contributed by atoms with van der Waals surface area (Å²) < 4.78 is 19.8. The van der Waals surface area contributed by atoms with Gasteiger partial charge in [-0.25, -0.2) is 4.39 Å². The van der Waals surface area contributed by atoms with Crippen LogP contribution >= 0.6 is 27.5 Å². The van der Waals surface area contributed by atoms with Crippen molar-refractivity contribution in [2.75, 3.05) is 0 Å². The van der Waals surface area contributed by atoms with Gasteiger partial charge in [-0.1, -0.05) is 29.8 Å². The predicted octanol–water partition coefficient (Wildman–Crippen LogP) is 4.28. The molecule has 2 aromatic carbocycles. The monoisotopic (exact) mass is 343 g/mol. The molecule has 0 spiro atoms. The zero-order chi connectivity index (χ0) is 13.8. The van der Waals surface area contributed by atoms with Crippen LogP contribution in [0.25, 0.3) is 0 Å². The van der Waals surface area contributed by atoms with Gasteiger partial charge in [-0.15, -0.1) is 0 Å². The van der Waals surface area contributed by atoms with Crippen LogP contribution in [-0.4, -0.2) is 0 Å². The van der Waals surface area contributed by atoms with Crippen LogP contribution < -0.4 is 10.5 Å². The van der Waals surface area contributed by atoms with E-state index in [2.05, 4.69) is 15.9 Å². The first-order valence-corrected chi connectivity index (χ1v) is 6.83. The van der Waals surface area contributed by atoms with Crippen molar-refractivity contribution in [3.05, 3.63) is 62.8 Å². The molecule has 2 rings (SSSR count). The Bertz CT molecular complexity index is 574. The Balaban J connectivity index is 2.11. The van der Waals surface area contributed by atoms with Gasteiger partial charge in [0.05, 0.1) is 4.47 Å². The van der Waals surface area contributed by atoms with Crippen molar-refractivity contribution in [1.82, 2.24) is 0 Å².